The summed E-state index contributed by atoms with van der Waals surface area (Å²) >= 11 is 0. The number of urea groups is 1. The zero-order valence-corrected chi connectivity index (χ0v) is 28.4. The Labute approximate surface area is 288 Å². The second kappa shape index (κ2) is 15.1. The van der Waals surface area contributed by atoms with Crippen LogP contribution in [0.1, 0.15) is 50.5 Å². The van der Waals surface area contributed by atoms with Crippen LogP contribution in [0.2, 0.25) is 0 Å². The van der Waals surface area contributed by atoms with Crippen molar-refractivity contribution in [2.75, 3.05) is 49.0 Å². The molecule has 4 saturated carbocycles. The van der Waals surface area contributed by atoms with Crippen molar-refractivity contribution in [1.29, 1.82) is 0 Å². The first-order chi connectivity index (χ1) is 23.7. The van der Waals surface area contributed by atoms with Gasteiger partial charge < -0.3 is 29.9 Å². The molecule has 0 radical (unpaired) electrons. The highest BCUT2D eigenvalue weighted by Gasteiger charge is 2.50. The lowest BCUT2D eigenvalue weighted by atomic mass is 9.49. The van der Waals surface area contributed by atoms with E-state index < -0.39 is 6.03 Å². The molecule has 0 heterocycles. The molecule has 2 N–H and O–H groups in total. The van der Waals surface area contributed by atoms with Gasteiger partial charge in [0, 0.05) is 25.0 Å². The smallest absolute Gasteiger partial charge is 0.319 e. The molecule has 7 rings (SSSR count). The molecule has 0 saturated heterocycles. The number of amides is 4. The quantitative estimate of drug-likeness (QED) is 0.210. The lowest BCUT2D eigenvalue weighted by molar-refractivity contribution is -0.139. The number of hydrogen-bond acceptors (Lipinski definition) is 6. The van der Waals surface area contributed by atoms with Gasteiger partial charge in [-0.15, -0.1) is 0 Å². The summed E-state index contributed by atoms with van der Waals surface area (Å²) in [4.78, 5) is 55.0. The van der Waals surface area contributed by atoms with E-state index in [1.807, 2.05) is 48.5 Å². The molecule has 0 atom stereocenters. The minimum Gasteiger partial charge on any atom is -0.482 e. The van der Waals surface area contributed by atoms with Gasteiger partial charge in [0.25, 0.3) is 5.91 Å². The number of rotatable bonds is 13. The molecular formula is C39H46N4O6. The highest BCUT2D eigenvalue weighted by molar-refractivity contribution is 5.99. The fraction of sp³-hybridized carbons (Fsp3) is 0.436. The average Bonchev–Trinajstić information content (AvgIpc) is 3.09. The number of carbonyl (C=O) groups is 4. The van der Waals surface area contributed by atoms with Gasteiger partial charge in [-0.05, 0) is 110 Å². The SMILES string of the molecule is COC(=O)Cc1cccc(NC(=O)NCC(=O)N(CCC23CC4CC(CC(C4)C2)C3)c2ccccc2OCC(=O)N(C)c2ccccc2)c1. The number of likely N-dealkylation sites (N-methyl/N-ethyl adjacent to an activating group) is 1. The average molecular weight is 667 g/mol. The first-order valence-corrected chi connectivity index (χ1v) is 17.2. The zero-order chi connectivity index (χ0) is 34.4. The van der Waals surface area contributed by atoms with Crippen molar-refractivity contribution < 1.29 is 28.7 Å². The number of carbonyl (C=O) groups excluding carboxylic acids is 4. The maximum absolute atomic E-state index is 14.0. The molecule has 10 heteroatoms. The van der Waals surface area contributed by atoms with Crippen LogP contribution < -0.4 is 25.2 Å². The summed E-state index contributed by atoms with van der Waals surface area (Å²) in [5.41, 5.74) is 2.76. The maximum Gasteiger partial charge on any atom is 0.319 e. The monoisotopic (exact) mass is 666 g/mol. The summed E-state index contributed by atoms with van der Waals surface area (Å²) in [5.74, 6) is 1.92. The fourth-order valence-corrected chi connectivity index (χ4v) is 8.58. The molecule has 4 bridgehead atoms. The van der Waals surface area contributed by atoms with Crippen molar-refractivity contribution in [3.05, 3.63) is 84.4 Å². The lowest BCUT2D eigenvalue weighted by Gasteiger charge is -2.57. The summed E-state index contributed by atoms with van der Waals surface area (Å²) in [7, 11) is 3.04. The van der Waals surface area contributed by atoms with Gasteiger partial charge in [0.1, 0.15) is 5.75 Å². The number of hydrogen-bond donors (Lipinski definition) is 2. The molecule has 49 heavy (non-hydrogen) atoms. The highest BCUT2D eigenvalue weighted by atomic mass is 16.5. The summed E-state index contributed by atoms with van der Waals surface area (Å²) in [5, 5.41) is 5.47. The first-order valence-electron chi connectivity index (χ1n) is 17.2. The molecule has 3 aromatic carbocycles. The molecule has 4 aliphatic rings. The van der Waals surface area contributed by atoms with Crippen molar-refractivity contribution in [1.82, 2.24) is 5.32 Å². The minimum atomic E-state index is -0.538. The molecule has 0 spiro atoms. The Kier molecular flexibility index (Phi) is 10.5. The molecule has 4 amide bonds. The Hall–Kier alpha value is -4.86. The van der Waals surface area contributed by atoms with Crippen molar-refractivity contribution in [2.45, 2.75) is 51.4 Å². The number of nitrogens with one attached hydrogen (secondary N) is 2. The van der Waals surface area contributed by atoms with Crippen molar-refractivity contribution in [3.8, 4) is 5.75 Å². The van der Waals surface area contributed by atoms with Crippen LogP contribution in [-0.2, 0) is 25.5 Å². The number of benzene rings is 3. The molecule has 3 aromatic rings. The molecule has 4 aliphatic carbocycles. The third kappa shape index (κ3) is 8.42. The zero-order valence-electron chi connectivity index (χ0n) is 28.4. The molecule has 0 aromatic heterocycles. The van der Waals surface area contributed by atoms with Gasteiger partial charge >= 0.3 is 12.0 Å². The number of methoxy groups -OCH3 is 1. The molecule has 4 fully saturated rings. The largest absolute Gasteiger partial charge is 0.482 e. The van der Waals surface area contributed by atoms with Crippen LogP contribution in [0.25, 0.3) is 0 Å². The maximum atomic E-state index is 14.0. The first kappa shape index (κ1) is 34.0. The fourth-order valence-electron chi connectivity index (χ4n) is 8.58. The van der Waals surface area contributed by atoms with Gasteiger partial charge in [0.15, 0.2) is 6.61 Å². The normalized spacial score (nSPS) is 21.8. The van der Waals surface area contributed by atoms with Gasteiger partial charge in [-0.1, -0.05) is 42.5 Å². The molecule has 258 valence electrons. The van der Waals surface area contributed by atoms with E-state index in [9.17, 15) is 19.2 Å². The van der Waals surface area contributed by atoms with Gasteiger partial charge in [-0.25, -0.2) is 4.79 Å². The number of para-hydroxylation sites is 3. The third-order valence-electron chi connectivity index (χ3n) is 10.5. The Bertz CT molecular complexity index is 1620. The number of esters is 1. The van der Waals surface area contributed by atoms with E-state index in [2.05, 4.69) is 10.6 Å². The van der Waals surface area contributed by atoms with Crippen LogP contribution in [0.15, 0.2) is 78.9 Å². The van der Waals surface area contributed by atoms with Gasteiger partial charge in [0.05, 0.1) is 25.8 Å². The van der Waals surface area contributed by atoms with Crippen LogP contribution in [0.3, 0.4) is 0 Å². The predicted molar refractivity (Wildman–Crippen MR) is 189 cm³/mol. The Morgan fingerprint density at radius 2 is 1.51 bits per heavy atom. The van der Waals surface area contributed by atoms with Crippen LogP contribution >= 0.6 is 0 Å². The van der Waals surface area contributed by atoms with E-state index >= 15 is 0 Å². The van der Waals surface area contributed by atoms with Gasteiger partial charge in [0.2, 0.25) is 5.91 Å². The van der Waals surface area contributed by atoms with E-state index in [1.165, 1.54) is 45.6 Å². The summed E-state index contributed by atoms with van der Waals surface area (Å²) in [6.07, 6.45) is 8.64. The lowest BCUT2D eigenvalue weighted by Crippen LogP contribution is -2.48. The van der Waals surface area contributed by atoms with Crippen LogP contribution in [0, 0.1) is 23.2 Å². The summed E-state index contributed by atoms with van der Waals surface area (Å²) in [6.45, 7) is 0.0514. The molecule has 0 aliphatic heterocycles. The summed E-state index contributed by atoms with van der Waals surface area (Å²) in [6, 6.07) is 23.0. The van der Waals surface area contributed by atoms with E-state index in [4.69, 9.17) is 9.47 Å². The Balaban J connectivity index is 1.15. The van der Waals surface area contributed by atoms with E-state index in [0.717, 1.165) is 29.9 Å². The standard InChI is InChI=1S/C39H46N4O6/c1-42(32-11-4-3-5-12-32)36(45)26-49-34-14-7-6-13-33(34)43(16-15-39-22-28-17-29(23-39)19-30(18-28)24-39)35(44)25-40-38(47)41-31-10-8-9-27(20-31)21-37(46)48-2/h3-14,20,28-30H,15-19,21-26H2,1-2H3,(H2,40,41,47). The van der Waals surface area contributed by atoms with E-state index in [-0.39, 0.29) is 42.8 Å². The predicted octanol–water partition coefficient (Wildman–Crippen LogP) is 6.21. The highest BCUT2D eigenvalue weighted by Crippen LogP contribution is 2.61. The second-order valence-electron chi connectivity index (χ2n) is 14.0. The van der Waals surface area contributed by atoms with E-state index in [1.54, 1.807) is 47.2 Å². The molecule has 10 nitrogen and oxygen atoms in total. The van der Waals surface area contributed by atoms with Gasteiger partial charge in [-0.2, -0.15) is 0 Å². The third-order valence-corrected chi connectivity index (χ3v) is 10.5. The van der Waals surface area contributed by atoms with Crippen LogP contribution in [-0.4, -0.2) is 57.7 Å². The van der Waals surface area contributed by atoms with Crippen molar-refractivity contribution >= 4 is 40.9 Å². The summed E-state index contributed by atoms with van der Waals surface area (Å²) < 4.78 is 10.8. The molecule has 0 unspecified atom stereocenters. The number of nitrogens with zero attached hydrogens (tertiary/aromatic N) is 2. The number of ether oxygens (including phenoxy) is 2. The van der Waals surface area contributed by atoms with Gasteiger partial charge in [-0.3, -0.25) is 14.4 Å². The van der Waals surface area contributed by atoms with Crippen molar-refractivity contribution in [3.63, 3.8) is 0 Å². The Morgan fingerprint density at radius 1 is 0.837 bits per heavy atom. The topological polar surface area (TPSA) is 117 Å². The minimum absolute atomic E-state index is 0.0838. The van der Waals surface area contributed by atoms with Crippen LogP contribution in [0.5, 0.6) is 5.75 Å². The Morgan fingerprint density at radius 3 is 2.20 bits per heavy atom. The second-order valence-corrected chi connectivity index (χ2v) is 14.0. The van der Waals surface area contributed by atoms with E-state index in [0.29, 0.717) is 29.2 Å². The molecular weight excluding hydrogens is 620 g/mol. The van der Waals surface area contributed by atoms with Crippen LogP contribution in [0.4, 0.5) is 21.9 Å². The number of anilines is 3. The van der Waals surface area contributed by atoms with Crippen molar-refractivity contribution in [2.24, 2.45) is 23.2 Å².